The summed E-state index contributed by atoms with van der Waals surface area (Å²) in [6.45, 7) is 0.162. The fourth-order valence-electron chi connectivity index (χ4n) is 0.838. The molecule has 1 nitrogen and oxygen atoms in total. The molecular weight excluding hydrogens is 180 g/mol. The highest BCUT2D eigenvalue weighted by Gasteiger charge is 1.99. The average molecular weight is 189 g/mol. The van der Waals surface area contributed by atoms with Crippen molar-refractivity contribution in [2.45, 2.75) is 12.8 Å². The van der Waals surface area contributed by atoms with Crippen molar-refractivity contribution in [1.82, 2.24) is 0 Å². The summed E-state index contributed by atoms with van der Waals surface area (Å²) in [5.41, 5.74) is 1.02. The van der Waals surface area contributed by atoms with Gasteiger partial charge in [0.2, 0.25) is 0 Å². The summed E-state index contributed by atoms with van der Waals surface area (Å²) in [6, 6.07) is 0. The molecule has 0 saturated carbocycles. The van der Waals surface area contributed by atoms with Crippen molar-refractivity contribution in [2.75, 3.05) is 6.61 Å². The molecule has 0 bridgehead atoms. The molecule has 1 rings (SSSR count). The molecule has 0 spiro atoms. The third kappa shape index (κ3) is 1.95. The normalized spacial score (nSPS) is 18.9. The number of aliphatic hydroxyl groups excluding tert-OH is 1. The summed E-state index contributed by atoms with van der Waals surface area (Å²) in [5, 5.41) is 8.68. The third-order valence-electron chi connectivity index (χ3n) is 1.31. The summed E-state index contributed by atoms with van der Waals surface area (Å²) in [7, 11) is 0. The molecule has 0 aromatic rings. The first-order valence-electron chi connectivity index (χ1n) is 2.99. The van der Waals surface area contributed by atoms with E-state index in [1.165, 1.54) is 4.48 Å². The zero-order valence-electron chi connectivity index (χ0n) is 5.10. The lowest BCUT2D eigenvalue weighted by Gasteiger charge is -2.05. The highest BCUT2D eigenvalue weighted by Crippen LogP contribution is 2.21. The number of halogens is 1. The highest BCUT2D eigenvalue weighted by molar-refractivity contribution is 9.11. The van der Waals surface area contributed by atoms with Gasteiger partial charge in [-0.15, -0.1) is 0 Å². The van der Waals surface area contributed by atoms with Crippen LogP contribution in [0.1, 0.15) is 12.8 Å². The van der Waals surface area contributed by atoms with Crippen LogP contribution in [0.5, 0.6) is 0 Å². The van der Waals surface area contributed by atoms with Crippen LogP contribution in [0.25, 0.3) is 0 Å². The Kier molecular flexibility index (Phi) is 2.49. The van der Waals surface area contributed by atoms with Crippen molar-refractivity contribution < 1.29 is 5.11 Å². The van der Waals surface area contributed by atoms with E-state index in [1.807, 2.05) is 6.08 Å². The number of aliphatic hydroxyl groups is 1. The van der Waals surface area contributed by atoms with Gasteiger partial charge in [-0.3, -0.25) is 0 Å². The molecule has 0 fully saturated rings. The predicted octanol–water partition coefficient (Wildman–Crippen LogP) is 1.98. The summed E-state index contributed by atoms with van der Waals surface area (Å²) < 4.78 is 1.19. The van der Waals surface area contributed by atoms with Gasteiger partial charge in [-0.1, -0.05) is 22.0 Å². The van der Waals surface area contributed by atoms with Crippen LogP contribution in [0.4, 0.5) is 0 Å². The first-order valence-corrected chi connectivity index (χ1v) is 3.78. The highest BCUT2D eigenvalue weighted by atomic mass is 79.9. The Morgan fingerprint density at radius 3 is 2.89 bits per heavy atom. The van der Waals surface area contributed by atoms with E-state index in [2.05, 4.69) is 22.0 Å². The van der Waals surface area contributed by atoms with Crippen LogP contribution in [0, 0.1) is 0 Å². The summed E-state index contributed by atoms with van der Waals surface area (Å²) in [5.74, 6) is 0. The van der Waals surface area contributed by atoms with Gasteiger partial charge in [-0.2, -0.15) is 0 Å². The van der Waals surface area contributed by atoms with Crippen LogP contribution in [-0.4, -0.2) is 11.7 Å². The molecule has 0 radical (unpaired) electrons. The molecule has 2 heteroatoms. The second kappa shape index (κ2) is 3.18. The topological polar surface area (TPSA) is 20.2 Å². The molecule has 50 valence electrons. The lowest BCUT2D eigenvalue weighted by molar-refractivity contribution is 0.334. The van der Waals surface area contributed by atoms with E-state index < -0.39 is 0 Å². The minimum atomic E-state index is 0.162. The number of rotatable bonds is 1. The van der Waals surface area contributed by atoms with E-state index in [4.69, 9.17) is 5.11 Å². The largest absolute Gasteiger partial charge is 0.392 e. The van der Waals surface area contributed by atoms with Gasteiger partial charge in [0.05, 0.1) is 6.61 Å². The van der Waals surface area contributed by atoms with Gasteiger partial charge >= 0.3 is 0 Å². The molecule has 0 aliphatic heterocycles. The summed E-state index contributed by atoms with van der Waals surface area (Å²) in [4.78, 5) is 0. The molecule has 1 aliphatic carbocycles. The molecule has 9 heavy (non-hydrogen) atoms. The van der Waals surface area contributed by atoms with E-state index in [0.29, 0.717) is 0 Å². The Balaban J connectivity index is 2.63. The van der Waals surface area contributed by atoms with Crippen LogP contribution in [0.2, 0.25) is 0 Å². The molecule has 1 aliphatic rings. The molecule has 0 unspecified atom stereocenters. The average Bonchev–Trinajstić information content (AvgIpc) is 1.88. The fourth-order valence-corrected chi connectivity index (χ4v) is 1.36. The van der Waals surface area contributed by atoms with Crippen LogP contribution < -0.4 is 0 Å². The second-order valence-electron chi connectivity index (χ2n) is 2.07. The lowest BCUT2D eigenvalue weighted by Crippen LogP contribution is -1.91. The van der Waals surface area contributed by atoms with Gasteiger partial charge in [0, 0.05) is 0 Å². The molecule has 0 saturated heterocycles. The molecule has 0 aromatic heterocycles. The first kappa shape index (κ1) is 7.03. The monoisotopic (exact) mass is 188 g/mol. The van der Waals surface area contributed by atoms with E-state index in [1.54, 1.807) is 0 Å². The van der Waals surface area contributed by atoms with E-state index in [-0.39, 0.29) is 6.61 Å². The van der Waals surface area contributed by atoms with Crippen molar-refractivity contribution in [1.29, 1.82) is 0 Å². The number of allylic oxidation sites excluding steroid dienone is 2. The van der Waals surface area contributed by atoms with Gasteiger partial charge < -0.3 is 5.11 Å². The maximum atomic E-state index is 8.68. The van der Waals surface area contributed by atoms with Crippen molar-refractivity contribution in [3.8, 4) is 0 Å². The fraction of sp³-hybridized carbons (Fsp3) is 0.429. The van der Waals surface area contributed by atoms with Gasteiger partial charge in [0.15, 0.2) is 0 Å². The van der Waals surface area contributed by atoms with Crippen molar-refractivity contribution in [2.24, 2.45) is 0 Å². The molecular formula is C7H9BrO. The van der Waals surface area contributed by atoms with Crippen LogP contribution in [0.15, 0.2) is 22.2 Å². The van der Waals surface area contributed by atoms with Crippen LogP contribution >= 0.6 is 15.9 Å². The minimum Gasteiger partial charge on any atom is -0.392 e. The zero-order chi connectivity index (χ0) is 6.69. The Morgan fingerprint density at radius 2 is 2.44 bits per heavy atom. The smallest absolute Gasteiger partial charge is 0.0679 e. The van der Waals surface area contributed by atoms with Crippen LogP contribution in [0.3, 0.4) is 0 Å². The molecule has 1 N–H and O–H groups in total. The maximum absolute atomic E-state index is 8.68. The summed E-state index contributed by atoms with van der Waals surface area (Å²) >= 11 is 3.38. The van der Waals surface area contributed by atoms with Crippen LogP contribution in [-0.2, 0) is 0 Å². The van der Waals surface area contributed by atoms with E-state index in [0.717, 1.165) is 18.4 Å². The Morgan fingerprint density at radius 1 is 1.67 bits per heavy atom. The lowest BCUT2D eigenvalue weighted by atomic mass is 10.1. The molecule has 0 amide bonds. The molecule has 0 atom stereocenters. The Bertz CT molecular complexity index is 158. The number of hydrogen-bond donors (Lipinski definition) is 1. The van der Waals surface area contributed by atoms with Crippen molar-refractivity contribution in [3.63, 3.8) is 0 Å². The van der Waals surface area contributed by atoms with E-state index >= 15 is 0 Å². The van der Waals surface area contributed by atoms with E-state index in [9.17, 15) is 0 Å². The van der Waals surface area contributed by atoms with Gasteiger partial charge in [-0.25, -0.2) is 0 Å². The first-order chi connectivity index (χ1) is 4.33. The van der Waals surface area contributed by atoms with Crippen molar-refractivity contribution >= 4 is 15.9 Å². The predicted molar refractivity (Wildman–Crippen MR) is 41.4 cm³/mol. The zero-order valence-corrected chi connectivity index (χ0v) is 6.69. The SMILES string of the molecule is OCC1=CCCC(Br)=C1. The van der Waals surface area contributed by atoms with Gasteiger partial charge in [0.25, 0.3) is 0 Å². The quantitative estimate of drug-likeness (QED) is 0.668. The summed E-state index contributed by atoms with van der Waals surface area (Å²) in [6.07, 6.45) is 6.16. The van der Waals surface area contributed by atoms with Crippen molar-refractivity contribution in [3.05, 3.63) is 22.2 Å². The third-order valence-corrected chi connectivity index (χ3v) is 1.94. The Labute approximate surface area is 63.2 Å². The molecule has 0 heterocycles. The minimum absolute atomic E-state index is 0.162. The van der Waals surface area contributed by atoms with Gasteiger partial charge in [0.1, 0.15) is 0 Å². The van der Waals surface area contributed by atoms with Gasteiger partial charge in [-0.05, 0) is 29.0 Å². The second-order valence-corrected chi connectivity index (χ2v) is 3.09. The standard InChI is InChI=1S/C7H9BrO/c8-7-3-1-2-6(4-7)5-9/h2,4,9H,1,3,5H2. The maximum Gasteiger partial charge on any atom is 0.0679 e. The Hall–Kier alpha value is -0.0800. The molecule has 0 aromatic carbocycles. The number of hydrogen-bond acceptors (Lipinski definition) is 1.